The van der Waals surface area contributed by atoms with Gasteiger partial charge in [-0.15, -0.1) is 0 Å². The van der Waals surface area contributed by atoms with Crippen LogP contribution in [0.1, 0.15) is 12.0 Å². The van der Waals surface area contributed by atoms with Crippen molar-refractivity contribution in [2.24, 2.45) is 5.92 Å². The fourth-order valence-electron chi connectivity index (χ4n) is 3.83. The van der Waals surface area contributed by atoms with E-state index in [1.165, 1.54) is 24.3 Å². The maximum atomic E-state index is 13.2. The average molecular weight is 510 g/mol. The van der Waals surface area contributed by atoms with E-state index in [2.05, 4.69) is 32.0 Å². The number of aromatic nitrogens is 3. The summed E-state index contributed by atoms with van der Waals surface area (Å²) in [5.41, 5.74) is 3.57. The van der Waals surface area contributed by atoms with E-state index in [4.69, 9.17) is 11.6 Å². The third-order valence-electron chi connectivity index (χ3n) is 5.77. The SMILES string of the molecule is O=S(Nc1cc(-c2ccn3ncc(C#CC4CCNCC4O)c3c2)cnc1Cl)c1ccc(F)cc1. The smallest absolute Gasteiger partial charge is 0.153 e. The van der Waals surface area contributed by atoms with Crippen LogP contribution in [0, 0.1) is 23.6 Å². The third-order valence-corrected chi connectivity index (χ3v) is 7.17. The molecule has 0 spiro atoms. The van der Waals surface area contributed by atoms with Crippen molar-refractivity contribution in [3.8, 4) is 23.0 Å². The molecule has 0 aliphatic carbocycles. The van der Waals surface area contributed by atoms with Gasteiger partial charge in [0.2, 0.25) is 0 Å². The Bertz CT molecular complexity index is 1460. The van der Waals surface area contributed by atoms with Crippen LogP contribution in [-0.2, 0) is 11.0 Å². The van der Waals surface area contributed by atoms with Crippen LogP contribution in [-0.4, -0.2) is 43.1 Å². The van der Waals surface area contributed by atoms with Gasteiger partial charge in [0, 0.05) is 30.4 Å². The van der Waals surface area contributed by atoms with Gasteiger partial charge in [-0.05, 0) is 61.0 Å². The zero-order valence-electron chi connectivity index (χ0n) is 18.4. The first-order valence-corrected chi connectivity index (χ1v) is 12.5. The highest BCUT2D eigenvalue weighted by atomic mass is 35.5. The van der Waals surface area contributed by atoms with E-state index >= 15 is 0 Å². The number of anilines is 1. The Balaban J connectivity index is 1.43. The van der Waals surface area contributed by atoms with Gasteiger partial charge >= 0.3 is 0 Å². The molecule has 0 saturated carbocycles. The maximum Gasteiger partial charge on any atom is 0.153 e. The quantitative estimate of drug-likeness (QED) is 0.288. The van der Waals surface area contributed by atoms with E-state index in [1.54, 1.807) is 23.0 Å². The number of halogens is 2. The summed E-state index contributed by atoms with van der Waals surface area (Å²) in [6.45, 7) is 1.38. The number of aliphatic hydroxyl groups excluding tert-OH is 1. The monoisotopic (exact) mass is 509 g/mol. The summed E-state index contributed by atoms with van der Waals surface area (Å²) in [7, 11) is -1.64. The first-order chi connectivity index (χ1) is 17.0. The fourth-order valence-corrected chi connectivity index (χ4v) is 4.90. The number of benzene rings is 1. The number of hydrogen-bond donors (Lipinski definition) is 3. The second kappa shape index (κ2) is 10.1. The molecule has 1 aliphatic heterocycles. The van der Waals surface area contributed by atoms with Crippen LogP contribution in [0.2, 0.25) is 5.15 Å². The van der Waals surface area contributed by atoms with Crippen molar-refractivity contribution in [2.45, 2.75) is 17.4 Å². The van der Waals surface area contributed by atoms with E-state index in [0.717, 1.165) is 35.2 Å². The second-order valence-electron chi connectivity index (χ2n) is 8.13. The minimum Gasteiger partial charge on any atom is -0.391 e. The zero-order valence-corrected chi connectivity index (χ0v) is 20.0. The number of nitrogens with one attached hydrogen (secondary N) is 2. The van der Waals surface area contributed by atoms with E-state index in [-0.39, 0.29) is 11.1 Å². The number of nitrogens with zero attached hydrogens (tertiary/aromatic N) is 3. The summed E-state index contributed by atoms with van der Waals surface area (Å²) in [5, 5.41) is 17.8. The van der Waals surface area contributed by atoms with Gasteiger partial charge < -0.3 is 10.4 Å². The predicted molar refractivity (Wildman–Crippen MR) is 134 cm³/mol. The van der Waals surface area contributed by atoms with Crippen molar-refractivity contribution in [1.29, 1.82) is 0 Å². The number of piperidine rings is 1. The van der Waals surface area contributed by atoms with Gasteiger partial charge in [-0.2, -0.15) is 5.10 Å². The average Bonchev–Trinajstić information content (AvgIpc) is 3.27. The lowest BCUT2D eigenvalue weighted by molar-refractivity contribution is 0.109. The highest BCUT2D eigenvalue weighted by Gasteiger charge is 2.20. The Labute approximate surface area is 208 Å². The summed E-state index contributed by atoms with van der Waals surface area (Å²) in [6, 6.07) is 11.0. The van der Waals surface area contributed by atoms with Crippen LogP contribution in [0.15, 0.2) is 66.0 Å². The van der Waals surface area contributed by atoms with Crippen LogP contribution in [0.25, 0.3) is 16.6 Å². The molecule has 178 valence electrons. The number of β-amino-alcohol motifs (C(OH)–C–C–N with tert-alkyl or cyclic N) is 1. The van der Waals surface area contributed by atoms with Gasteiger partial charge in [0.15, 0.2) is 5.15 Å². The molecule has 3 atom stereocenters. The maximum absolute atomic E-state index is 13.2. The first kappa shape index (κ1) is 23.5. The van der Waals surface area contributed by atoms with Crippen molar-refractivity contribution >= 4 is 33.8 Å². The van der Waals surface area contributed by atoms with Gasteiger partial charge in [0.05, 0.1) is 34.0 Å². The molecule has 1 aliphatic rings. The Morgan fingerprint density at radius 2 is 2.03 bits per heavy atom. The van der Waals surface area contributed by atoms with Crippen molar-refractivity contribution in [3.05, 3.63) is 77.6 Å². The minimum absolute atomic E-state index is 0.0783. The minimum atomic E-state index is -1.64. The molecule has 0 radical (unpaired) electrons. The van der Waals surface area contributed by atoms with E-state index in [9.17, 15) is 13.7 Å². The number of fused-ring (bicyclic) bond motifs is 1. The lowest BCUT2D eigenvalue weighted by Crippen LogP contribution is -2.39. The number of aliphatic hydroxyl groups is 1. The van der Waals surface area contributed by atoms with Gasteiger partial charge in [0.25, 0.3) is 0 Å². The van der Waals surface area contributed by atoms with Crippen LogP contribution in [0.5, 0.6) is 0 Å². The number of pyridine rings is 2. The summed E-state index contributed by atoms with van der Waals surface area (Å²) in [5.74, 6) is 5.89. The molecular formula is C25H21ClFN5O2S. The molecule has 3 N–H and O–H groups in total. The highest BCUT2D eigenvalue weighted by molar-refractivity contribution is 7.86. The summed E-state index contributed by atoms with van der Waals surface area (Å²) in [4.78, 5) is 4.65. The molecule has 5 rings (SSSR count). The van der Waals surface area contributed by atoms with Crippen LogP contribution < -0.4 is 10.0 Å². The van der Waals surface area contributed by atoms with Crippen molar-refractivity contribution in [3.63, 3.8) is 0 Å². The highest BCUT2D eigenvalue weighted by Crippen LogP contribution is 2.29. The van der Waals surface area contributed by atoms with Gasteiger partial charge in [-0.25, -0.2) is 18.1 Å². The van der Waals surface area contributed by atoms with Crippen LogP contribution >= 0.6 is 11.6 Å². The topological polar surface area (TPSA) is 91.6 Å². The molecular weight excluding hydrogens is 489 g/mol. The second-order valence-corrected chi connectivity index (χ2v) is 9.70. The van der Waals surface area contributed by atoms with Crippen LogP contribution in [0.3, 0.4) is 0 Å². The molecule has 3 aromatic heterocycles. The van der Waals surface area contributed by atoms with Gasteiger partial charge in [-0.3, -0.25) is 4.72 Å². The first-order valence-electron chi connectivity index (χ1n) is 11.0. The van der Waals surface area contributed by atoms with Gasteiger partial charge in [0.1, 0.15) is 16.8 Å². The Morgan fingerprint density at radius 1 is 1.20 bits per heavy atom. The van der Waals surface area contributed by atoms with E-state index in [0.29, 0.717) is 17.1 Å². The van der Waals surface area contributed by atoms with Gasteiger partial charge in [-0.1, -0.05) is 23.4 Å². The molecule has 0 bridgehead atoms. The molecule has 4 aromatic rings. The Kier molecular flexibility index (Phi) is 6.79. The molecule has 4 heterocycles. The van der Waals surface area contributed by atoms with Crippen molar-refractivity contribution in [2.75, 3.05) is 17.8 Å². The Morgan fingerprint density at radius 3 is 2.83 bits per heavy atom. The molecule has 1 fully saturated rings. The summed E-state index contributed by atoms with van der Waals surface area (Å²) in [6.07, 6.45) is 5.48. The molecule has 1 saturated heterocycles. The molecule has 35 heavy (non-hydrogen) atoms. The number of rotatable bonds is 4. The largest absolute Gasteiger partial charge is 0.391 e. The van der Waals surface area contributed by atoms with Crippen LogP contribution in [0.4, 0.5) is 10.1 Å². The number of hydrogen-bond acceptors (Lipinski definition) is 5. The summed E-state index contributed by atoms with van der Waals surface area (Å²) >= 11 is 6.24. The fraction of sp³-hybridized carbons (Fsp3) is 0.200. The zero-order chi connectivity index (χ0) is 24.4. The van der Waals surface area contributed by atoms with Crippen molar-refractivity contribution < 1.29 is 13.7 Å². The molecule has 3 unspecified atom stereocenters. The third kappa shape index (κ3) is 5.21. The lowest BCUT2D eigenvalue weighted by atomic mass is 9.95. The Hall–Kier alpha value is -3.29. The molecule has 1 aromatic carbocycles. The van der Waals surface area contributed by atoms with E-state index in [1.807, 2.05) is 18.3 Å². The van der Waals surface area contributed by atoms with Crippen molar-refractivity contribution in [1.82, 2.24) is 19.9 Å². The standard InChI is InChI=1S/C25H21ClFN5O2S/c26-25-22(31-35(34)21-5-3-20(27)4-6-21)11-19(13-29-25)17-8-10-32-23(12-17)18(14-30-32)2-1-16-7-9-28-15-24(16)33/h3-6,8,10-14,16,24,28,31,33H,7,9,15H2. The molecule has 0 amide bonds. The summed E-state index contributed by atoms with van der Waals surface area (Å²) < 4.78 is 30.4. The normalized spacial score (nSPS) is 18.6. The lowest BCUT2D eigenvalue weighted by Gasteiger charge is -2.23. The molecule has 10 heteroatoms. The van der Waals surface area contributed by atoms with E-state index < -0.39 is 22.9 Å². The predicted octanol–water partition coefficient (Wildman–Crippen LogP) is 3.65. The molecule has 7 nitrogen and oxygen atoms in total.